The van der Waals surface area contributed by atoms with Crippen molar-refractivity contribution in [3.63, 3.8) is 0 Å². The summed E-state index contributed by atoms with van der Waals surface area (Å²) in [7, 11) is -2.63. The van der Waals surface area contributed by atoms with Crippen molar-refractivity contribution in [3.8, 4) is 0 Å². The summed E-state index contributed by atoms with van der Waals surface area (Å²) >= 11 is 5.93. The fourth-order valence-corrected chi connectivity index (χ4v) is 4.04. The van der Waals surface area contributed by atoms with Crippen LogP contribution in [0.25, 0.3) is 10.8 Å². The number of amides is 1. The minimum Gasteiger partial charge on any atom is -0.465 e. The van der Waals surface area contributed by atoms with Gasteiger partial charge in [0.1, 0.15) is 5.75 Å². The molecule has 8 heteroatoms. The van der Waals surface area contributed by atoms with Crippen LogP contribution in [0, 0.1) is 0 Å². The second-order valence-corrected chi connectivity index (χ2v) is 8.40. The summed E-state index contributed by atoms with van der Waals surface area (Å²) in [5, 5.41) is 4.30. The SMILES string of the molecule is COC(=O)c1cc(NC(=O)CS(=O)(=O)c2ccc3ccccc3c2)ccc1Cl. The molecule has 3 aromatic carbocycles. The van der Waals surface area contributed by atoms with Crippen LogP contribution in [0.4, 0.5) is 5.69 Å². The number of halogens is 1. The van der Waals surface area contributed by atoms with Crippen LogP contribution in [0.3, 0.4) is 0 Å². The lowest BCUT2D eigenvalue weighted by atomic mass is 10.1. The van der Waals surface area contributed by atoms with E-state index in [0.29, 0.717) is 0 Å². The third kappa shape index (κ3) is 4.32. The van der Waals surface area contributed by atoms with Gasteiger partial charge in [-0.05, 0) is 41.1 Å². The molecular formula is C20H16ClNO5S. The summed E-state index contributed by atoms with van der Waals surface area (Å²) < 4.78 is 29.8. The molecule has 1 amide bonds. The number of benzene rings is 3. The first-order chi connectivity index (χ1) is 13.3. The van der Waals surface area contributed by atoms with Gasteiger partial charge in [0.25, 0.3) is 0 Å². The number of carbonyl (C=O) groups excluding carboxylic acids is 2. The molecule has 6 nitrogen and oxygen atoms in total. The van der Waals surface area contributed by atoms with Gasteiger partial charge in [-0.3, -0.25) is 4.79 Å². The number of carbonyl (C=O) groups is 2. The fraction of sp³-hybridized carbons (Fsp3) is 0.100. The third-order valence-electron chi connectivity index (χ3n) is 4.06. The van der Waals surface area contributed by atoms with Crippen molar-refractivity contribution in [1.82, 2.24) is 0 Å². The van der Waals surface area contributed by atoms with E-state index in [1.807, 2.05) is 18.2 Å². The highest BCUT2D eigenvalue weighted by atomic mass is 35.5. The third-order valence-corrected chi connectivity index (χ3v) is 6.00. The summed E-state index contributed by atoms with van der Waals surface area (Å²) in [6.45, 7) is 0. The quantitative estimate of drug-likeness (QED) is 0.639. The number of sulfone groups is 1. The molecule has 28 heavy (non-hydrogen) atoms. The first kappa shape index (κ1) is 19.9. The zero-order chi connectivity index (χ0) is 20.3. The molecule has 3 aromatic rings. The minimum atomic E-state index is -3.84. The van der Waals surface area contributed by atoms with Crippen molar-refractivity contribution in [1.29, 1.82) is 0 Å². The van der Waals surface area contributed by atoms with Gasteiger partial charge in [-0.25, -0.2) is 13.2 Å². The van der Waals surface area contributed by atoms with E-state index in [0.717, 1.165) is 10.8 Å². The number of rotatable bonds is 5. The number of hydrogen-bond acceptors (Lipinski definition) is 5. The molecule has 0 aliphatic heterocycles. The number of esters is 1. The van der Waals surface area contributed by atoms with Crippen LogP contribution in [-0.4, -0.2) is 33.2 Å². The van der Waals surface area contributed by atoms with E-state index in [1.165, 1.54) is 37.4 Å². The number of ether oxygens (including phenoxy) is 1. The van der Waals surface area contributed by atoms with Gasteiger partial charge in [-0.2, -0.15) is 0 Å². The van der Waals surface area contributed by atoms with Crippen molar-refractivity contribution in [3.05, 3.63) is 71.2 Å². The van der Waals surface area contributed by atoms with Crippen molar-refractivity contribution in [2.24, 2.45) is 0 Å². The number of fused-ring (bicyclic) bond motifs is 1. The number of anilines is 1. The predicted octanol–water partition coefficient (Wildman–Crippen LogP) is 3.69. The van der Waals surface area contributed by atoms with Crippen LogP contribution in [0.15, 0.2) is 65.6 Å². The number of nitrogens with one attached hydrogen (secondary N) is 1. The fourth-order valence-electron chi connectivity index (χ4n) is 2.68. The van der Waals surface area contributed by atoms with Gasteiger partial charge >= 0.3 is 5.97 Å². The second-order valence-electron chi connectivity index (χ2n) is 6.00. The zero-order valence-electron chi connectivity index (χ0n) is 14.8. The highest BCUT2D eigenvalue weighted by Gasteiger charge is 2.20. The average Bonchev–Trinajstić information content (AvgIpc) is 2.68. The summed E-state index contributed by atoms with van der Waals surface area (Å²) in [5.74, 6) is -2.13. The van der Waals surface area contributed by atoms with E-state index in [9.17, 15) is 18.0 Å². The van der Waals surface area contributed by atoms with Gasteiger partial charge in [0.15, 0.2) is 9.84 Å². The summed E-state index contributed by atoms with van der Waals surface area (Å²) in [6, 6.07) is 16.3. The molecule has 0 saturated heterocycles. The van der Waals surface area contributed by atoms with Crippen LogP contribution in [0.1, 0.15) is 10.4 Å². The number of methoxy groups -OCH3 is 1. The topological polar surface area (TPSA) is 89.5 Å². The Labute approximate surface area is 167 Å². The molecule has 3 rings (SSSR count). The zero-order valence-corrected chi connectivity index (χ0v) is 16.4. The highest BCUT2D eigenvalue weighted by molar-refractivity contribution is 7.92. The summed E-state index contributed by atoms with van der Waals surface area (Å²) in [6.07, 6.45) is 0. The van der Waals surface area contributed by atoms with Gasteiger partial charge in [0.05, 0.1) is 22.6 Å². The molecule has 0 saturated carbocycles. The summed E-state index contributed by atoms with van der Waals surface area (Å²) in [5.41, 5.74) is 0.308. The number of hydrogen-bond donors (Lipinski definition) is 1. The Kier molecular flexibility index (Phi) is 5.67. The molecule has 0 unspecified atom stereocenters. The molecule has 0 fully saturated rings. The molecular weight excluding hydrogens is 402 g/mol. The van der Waals surface area contributed by atoms with Crippen LogP contribution >= 0.6 is 11.6 Å². The molecule has 0 aliphatic carbocycles. The Balaban J connectivity index is 1.79. The van der Waals surface area contributed by atoms with Crippen molar-refractivity contribution in [2.45, 2.75) is 4.90 Å². The van der Waals surface area contributed by atoms with Crippen LogP contribution in [-0.2, 0) is 19.4 Å². The molecule has 0 bridgehead atoms. The van der Waals surface area contributed by atoms with Crippen LogP contribution in [0.5, 0.6) is 0 Å². The molecule has 1 N–H and O–H groups in total. The molecule has 0 atom stereocenters. The molecule has 0 spiro atoms. The van der Waals surface area contributed by atoms with Gasteiger partial charge in [-0.15, -0.1) is 0 Å². The van der Waals surface area contributed by atoms with E-state index in [1.54, 1.807) is 12.1 Å². The Morgan fingerprint density at radius 2 is 1.71 bits per heavy atom. The Morgan fingerprint density at radius 3 is 2.43 bits per heavy atom. The Morgan fingerprint density at radius 1 is 1.00 bits per heavy atom. The van der Waals surface area contributed by atoms with Crippen molar-refractivity contribution in [2.75, 3.05) is 18.2 Å². The second kappa shape index (κ2) is 8.00. The van der Waals surface area contributed by atoms with Gasteiger partial charge in [0, 0.05) is 5.69 Å². The van der Waals surface area contributed by atoms with Crippen LogP contribution in [0.2, 0.25) is 5.02 Å². The molecule has 144 valence electrons. The monoisotopic (exact) mass is 417 g/mol. The lowest BCUT2D eigenvalue weighted by Crippen LogP contribution is -2.23. The maximum absolute atomic E-state index is 12.6. The predicted molar refractivity (Wildman–Crippen MR) is 107 cm³/mol. The maximum atomic E-state index is 12.6. The minimum absolute atomic E-state index is 0.0627. The van der Waals surface area contributed by atoms with E-state index < -0.39 is 27.5 Å². The van der Waals surface area contributed by atoms with Gasteiger partial charge in [-0.1, -0.05) is 41.9 Å². The maximum Gasteiger partial charge on any atom is 0.339 e. The Hall–Kier alpha value is -2.90. The normalized spacial score (nSPS) is 11.2. The molecule has 0 radical (unpaired) electrons. The smallest absolute Gasteiger partial charge is 0.339 e. The lowest BCUT2D eigenvalue weighted by Gasteiger charge is -2.09. The van der Waals surface area contributed by atoms with Gasteiger partial charge < -0.3 is 10.1 Å². The average molecular weight is 418 g/mol. The first-order valence-electron chi connectivity index (χ1n) is 8.19. The standard InChI is InChI=1S/C20H16ClNO5S/c1-27-20(24)17-11-15(7-9-18(17)21)22-19(23)12-28(25,26)16-8-6-13-4-2-3-5-14(13)10-16/h2-11H,12H2,1H3,(H,22,23). The Bertz CT molecular complexity index is 1170. The molecule has 0 aliphatic rings. The van der Waals surface area contributed by atoms with E-state index >= 15 is 0 Å². The molecule has 0 heterocycles. The van der Waals surface area contributed by atoms with E-state index in [2.05, 4.69) is 10.1 Å². The first-order valence-corrected chi connectivity index (χ1v) is 10.2. The van der Waals surface area contributed by atoms with Crippen molar-refractivity contribution >= 4 is 49.8 Å². The van der Waals surface area contributed by atoms with E-state index in [-0.39, 0.29) is 21.2 Å². The largest absolute Gasteiger partial charge is 0.465 e. The van der Waals surface area contributed by atoms with E-state index in [4.69, 9.17) is 11.6 Å². The van der Waals surface area contributed by atoms with Crippen molar-refractivity contribution < 1.29 is 22.7 Å². The molecule has 0 aromatic heterocycles. The highest BCUT2D eigenvalue weighted by Crippen LogP contribution is 2.23. The van der Waals surface area contributed by atoms with Crippen LogP contribution < -0.4 is 5.32 Å². The lowest BCUT2D eigenvalue weighted by molar-refractivity contribution is -0.113. The summed E-state index contributed by atoms with van der Waals surface area (Å²) in [4.78, 5) is 24.0. The van der Waals surface area contributed by atoms with Gasteiger partial charge in [0.2, 0.25) is 5.91 Å².